The lowest BCUT2D eigenvalue weighted by molar-refractivity contribution is 0.452. The smallest absolute Gasteiger partial charge is 0.250 e. The third-order valence-electron chi connectivity index (χ3n) is 5.85. The molecule has 5 nitrogen and oxygen atoms in total. The Balaban J connectivity index is 1.52. The van der Waals surface area contributed by atoms with Gasteiger partial charge in [0, 0.05) is 37.3 Å². The molecule has 2 aromatic rings. The Bertz CT molecular complexity index is 822. The van der Waals surface area contributed by atoms with Crippen molar-refractivity contribution in [2.75, 3.05) is 19.6 Å². The number of hydrogen-bond acceptors (Lipinski definition) is 2. The molecule has 1 saturated carbocycles. The number of aryl methyl sites for hydroxylation is 1. The topological polar surface area (TPSA) is 58.4 Å². The molecule has 0 saturated heterocycles. The predicted octanol–water partition coefficient (Wildman–Crippen LogP) is 3.70. The number of rotatable bonds is 9. The van der Waals surface area contributed by atoms with Crippen molar-refractivity contribution in [2.24, 2.45) is 4.99 Å². The van der Waals surface area contributed by atoms with Crippen LogP contribution in [0.3, 0.4) is 0 Å². The van der Waals surface area contributed by atoms with Crippen molar-refractivity contribution >= 4 is 5.96 Å². The molecule has 1 aromatic carbocycles. The van der Waals surface area contributed by atoms with Crippen LogP contribution in [0.25, 0.3) is 0 Å². The molecule has 2 N–H and O–H groups in total. The monoisotopic (exact) mass is 394 g/mol. The summed E-state index contributed by atoms with van der Waals surface area (Å²) >= 11 is 0. The van der Waals surface area contributed by atoms with E-state index < -0.39 is 0 Å². The fourth-order valence-electron chi connectivity index (χ4n) is 4.21. The number of benzene rings is 1. The SMILES string of the molecule is CCNC(=NCC1(c2ccccc2)CCCC1)NCCCCn1ccccc1=O. The molecule has 0 amide bonds. The van der Waals surface area contributed by atoms with Gasteiger partial charge in [-0.15, -0.1) is 0 Å². The van der Waals surface area contributed by atoms with Gasteiger partial charge in [-0.3, -0.25) is 9.79 Å². The highest BCUT2D eigenvalue weighted by molar-refractivity contribution is 5.79. The van der Waals surface area contributed by atoms with Crippen LogP contribution in [-0.2, 0) is 12.0 Å². The van der Waals surface area contributed by atoms with Crippen LogP contribution in [0.2, 0.25) is 0 Å². The highest BCUT2D eigenvalue weighted by Gasteiger charge is 2.35. The molecule has 0 aliphatic heterocycles. The van der Waals surface area contributed by atoms with Gasteiger partial charge in [0.1, 0.15) is 0 Å². The van der Waals surface area contributed by atoms with E-state index in [1.165, 1.54) is 31.2 Å². The lowest BCUT2D eigenvalue weighted by atomic mass is 9.79. The summed E-state index contributed by atoms with van der Waals surface area (Å²) in [5, 5.41) is 6.84. The van der Waals surface area contributed by atoms with Crippen molar-refractivity contribution in [3.63, 3.8) is 0 Å². The lowest BCUT2D eigenvalue weighted by Crippen LogP contribution is -2.39. The van der Waals surface area contributed by atoms with Crippen LogP contribution < -0.4 is 16.2 Å². The quantitative estimate of drug-likeness (QED) is 0.387. The highest BCUT2D eigenvalue weighted by Crippen LogP contribution is 2.41. The van der Waals surface area contributed by atoms with E-state index in [9.17, 15) is 4.79 Å². The second-order valence-electron chi connectivity index (χ2n) is 7.91. The van der Waals surface area contributed by atoms with Crippen molar-refractivity contribution < 1.29 is 0 Å². The van der Waals surface area contributed by atoms with Crippen LogP contribution in [0.5, 0.6) is 0 Å². The predicted molar refractivity (Wildman–Crippen MR) is 121 cm³/mol. The number of hydrogen-bond donors (Lipinski definition) is 2. The van der Waals surface area contributed by atoms with Gasteiger partial charge in [-0.1, -0.05) is 49.2 Å². The number of aliphatic imine (C=N–C) groups is 1. The van der Waals surface area contributed by atoms with Crippen molar-refractivity contribution in [3.8, 4) is 0 Å². The van der Waals surface area contributed by atoms with Crippen molar-refractivity contribution in [1.82, 2.24) is 15.2 Å². The first-order chi connectivity index (χ1) is 14.2. The average molecular weight is 395 g/mol. The molecule has 1 heterocycles. The van der Waals surface area contributed by atoms with Gasteiger partial charge >= 0.3 is 0 Å². The largest absolute Gasteiger partial charge is 0.357 e. The summed E-state index contributed by atoms with van der Waals surface area (Å²) in [7, 11) is 0. The van der Waals surface area contributed by atoms with E-state index in [1.807, 2.05) is 12.3 Å². The second kappa shape index (κ2) is 10.8. The number of pyridine rings is 1. The average Bonchev–Trinajstić information content (AvgIpc) is 3.24. The summed E-state index contributed by atoms with van der Waals surface area (Å²) in [5.74, 6) is 0.895. The van der Waals surface area contributed by atoms with Gasteiger partial charge in [0.15, 0.2) is 5.96 Å². The highest BCUT2D eigenvalue weighted by atomic mass is 16.1. The maximum Gasteiger partial charge on any atom is 0.250 e. The number of nitrogens with zero attached hydrogens (tertiary/aromatic N) is 2. The molecule has 1 aromatic heterocycles. The molecule has 156 valence electrons. The Kier molecular flexibility index (Phi) is 7.91. The third kappa shape index (κ3) is 5.96. The first-order valence-electron chi connectivity index (χ1n) is 11.0. The second-order valence-corrected chi connectivity index (χ2v) is 7.91. The summed E-state index contributed by atoms with van der Waals surface area (Å²) in [6.07, 6.45) is 8.81. The molecule has 3 rings (SSSR count). The summed E-state index contributed by atoms with van der Waals surface area (Å²) in [5.41, 5.74) is 1.67. The van der Waals surface area contributed by atoms with Crippen LogP contribution in [-0.4, -0.2) is 30.2 Å². The molecule has 0 spiro atoms. The van der Waals surface area contributed by atoms with E-state index in [-0.39, 0.29) is 11.0 Å². The molecule has 1 aliphatic rings. The first kappa shape index (κ1) is 21.2. The third-order valence-corrected chi connectivity index (χ3v) is 5.85. The zero-order chi connectivity index (χ0) is 20.4. The van der Waals surface area contributed by atoms with Gasteiger partial charge in [-0.25, -0.2) is 0 Å². The van der Waals surface area contributed by atoms with E-state index >= 15 is 0 Å². The Hall–Kier alpha value is -2.56. The summed E-state index contributed by atoms with van der Waals surface area (Å²) in [6, 6.07) is 16.2. The molecule has 0 unspecified atom stereocenters. The zero-order valence-corrected chi connectivity index (χ0v) is 17.6. The maximum absolute atomic E-state index is 11.8. The number of aromatic nitrogens is 1. The van der Waals surface area contributed by atoms with Gasteiger partial charge < -0.3 is 15.2 Å². The first-order valence-corrected chi connectivity index (χ1v) is 11.0. The minimum Gasteiger partial charge on any atom is -0.357 e. The minimum absolute atomic E-state index is 0.0677. The summed E-state index contributed by atoms with van der Waals surface area (Å²) in [4.78, 5) is 16.7. The van der Waals surface area contributed by atoms with Crippen LogP contribution in [0.15, 0.2) is 64.5 Å². The van der Waals surface area contributed by atoms with Crippen LogP contribution in [0.4, 0.5) is 0 Å². The Morgan fingerprint density at radius 3 is 2.52 bits per heavy atom. The molecule has 29 heavy (non-hydrogen) atoms. The zero-order valence-electron chi connectivity index (χ0n) is 17.6. The minimum atomic E-state index is 0.0677. The van der Waals surface area contributed by atoms with E-state index in [0.717, 1.165) is 45.0 Å². The van der Waals surface area contributed by atoms with Crippen LogP contribution >= 0.6 is 0 Å². The number of guanidine groups is 1. The van der Waals surface area contributed by atoms with E-state index in [2.05, 4.69) is 47.9 Å². The van der Waals surface area contributed by atoms with Gasteiger partial charge in [0.25, 0.3) is 0 Å². The molecule has 5 heteroatoms. The molecule has 0 atom stereocenters. The molecule has 0 radical (unpaired) electrons. The van der Waals surface area contributed by atoms with Gasteiger partial charge in [0.05, 0.1) is 6.54 Å². The molecule has 0 bridgehead atoms. The van der Waals surface area contributed by atoms with E-state index in [0.29, 0.717) is 0 Å². The van der Waals surface area contributed by atoms with Crippen molar-refractivity contribution in [1.29, 1.82) is 0 Å². The lowest BCUT2D eigenvalue weighted by Gasteiger charge is -2.28. The van der Waals surface area contributed by atoms with Crippen LogP contribution in [0, 0.1) is 0 Å². The fraction of sp³-hybridized carbons (Fsp3) is 0.500. The fourth-order valence-corrected chi connectivity index (χ4v) is 4.21. The molecular weight excluding hydrogens is 360 g/mol. The van der Waals surface area contributed by atoms with E-state index in [4.69, 9.17) is 4.99 Å². The van der Waals surface area contributed by atoms with Crippen molar-refractivity contribution in [3.05, 3.63) is 70.6 Å². The van der Waals surface area contributed by atoms with Crippen molar-refractivity contribution in [2.45, 2.75) is 57.4 Å². The standard InChI is InChI=1S/C24H34N4O/c1-2-25-23(26-17-9-11-19-28-18-10-6-14-22(28)29)27-20-24(15-7-8-16-24)21-12-4-3-5-13-21/h3-6,10,12-14,18H,2,7-9,11,15-17,19-20H2,1H3,(H2,25,26,27). The molecule has 1 fully saturated rings. The van der Waals surface area contributed by atoms with Gasteiger partial charge in [0.2, 0.25) is 5.56 Å². The number of unbranched alkanes of at least 4 members (excludes halogenated alkanes) is 1. The maximum atomic E-state index is 11.8. The molecular formula is C24H34N4O. The van der Waals surface area contributed by atoms with Gasteiger partial charge in [-0.05, 0) is 44.2 Å². The number of nitrogens with one attached hydrogen (secondary N) is 2. The van der Waals surface area contributed by atoms with E-state index in [1.54, 1.807) is 16.7 Å². The Labute approximate surface area is 174 Å². The summed E-state index contributed by atoms with van der Waals surface area (Å²) < 4.78 is 1.77. The molecule has 1 aliphatic carbocycles. The Morgan fingerprint density at radius 2 is 1.79 bits per heavy atom. The summed E-state index contributed by atoms with van der Waals surface area (Å²) in [6.45, 7) is 5.38. The normalized spacial score (nSPS) is 16.0. The van der Waals surface area contributed by atoms with Gasteiger partial charge in [-0.2, -0.15) is 0 Å². The Morgan fingerprint density at radius 1 is 1.03 bits per heavy atom. The van der Waals surface area contributed by atoms with Crippen LogP contribution in [0.1, 0.15) is 51.0 Å².